The number of rotatable bonds is 6. The van der Waals surface area contributed by atoms with Crippen molar-refractivity contribution >= 4 is 34.8 Å². The van der Waals surface area contributed by atoms with Crippen LogP contribution >= 0.6 is 23.2 Å². The summed E-state index contributed by atoms with van der Waals surface area (Å²) in [7, 11) is 0. The normalized spacial score (nSPS) is 10.4. The quantitative estimate of drug-likeness (QED) is 0.505. The third-order valence-corrected chi connectivity index (χ3v) is 4.82. The number of amides is 1. The lowest BCUT2D eigenvalue weighted by molar-refractivity contribution is -0.118. The second-order valence-corrected chi connectivity index (χ2v) is 7.10. The van der Waals surface area contributed by atoms with Gasteiger partial charge < -0.3 is 14.8 Å². The maximum atomic E-state index is 12.1. The Hall–Kier alpha value is -2.69. The third kappa shape index (κ3) is 5.41. The van der Waals surface area contributed by atoms with Gasteiger partial charge in [-0.15, -0.1) is 0 Å². The van der Waals surface area contributed by atoms with Gasteiger partial charge in [-0.25, -0.2) is 0 Å². The number of hydrogen-bond donors (Lipinski definition) is 1. The van der Waals surface area contributed by atoms with Crippen LogP contribution in [0.25, 0.3) is 0 Å². The highest BCUT2D eigenvalue weighted by Crippen LogP contribution is 2.26. The summed E-state index contributed by atoms with van der Waals surface area (Å²) in [6.45, 7) is 3.70. The first-order chi connectivity index (χ1) is 13.4. The largest absolute Gasteiger partial charge is 0.484 e. The van der Waals surface area contributed by atoms with Gasteiger partial charge in [0.1, 0.15) is 17.2 Å². The predicted octanol–water partition coefficient (Wildman–Crippen LogP) is 6.42. The van der Waals surface area contributed by atoms with Crippen LogP contribution in [0.5, 0.6) is 17.2 Å². The van der Waals surface area contributed by atoms with Crippen LogP contribution in [0, 0.1) is 13.8 Å². The number of nitrogens with one attached hydrogen (secondary N) is 1. The fraction of sp³-hybridized carbons (Fsp3) is 0.136. The summed E-state index contributed by atoms with van der Waals surface area (Å²) < 4.78 is 11.3. The van der Waals surface area contributed by atoms with Gasteiger partial charge in [-0.2, -0.15) is 0 Å². The molecule has 1 amide bonds. The molecule has 3 aromatic rings. The van der Waals surface area contributed by atoms with Gasteiger partial charge in [0.05, 0.1) is 0 Å². The van der Waals surface area contributed by atoms with Crippen molar-refractivity contribution in [1.29, 1.82) is 0 Å². The first-order valence-corrected chi connectivity index (χ1v) is 9.39. The Bertz CT molecular complexity index is 947. The SMILES string of the molecule is Cc1cc(OCC(=O)Nc2ccc(Oc3ccc(Cl)cc3)cc2)cc(C)c1Cl. The molecule has 6 heteroatoms. The average Bonchev–Trinajstić information content (AvgIpc) is 2.67. The Morgan fingerprint density at radius 3 is 1.96 bits per heavy atom. The molecule has 4 nitrogen and oxygen atoms in total. The van der Waals surface area contributed by atoms with Crippen LogP contribution in [0.15, 0.2) is 60.7 Å². The van der Waals surface area contributed by atoms with Crippen molar-refractivity contribution in [3.8, 4) is 17.2 Å². The standard InChI is InChI=1S/C22H19Cl2NO3/c1-14-11-20(12-15(2)22(14)24)27-13-21(26)25-17-5-9-19(10-6-17)28-18-7-3-16(23)4-8-18/h3-12H,13H2,1-2H3,(H,25,26). The molecule has 0 atom stereocenters. The van der Waals surface area contributed by atoms with Gasteiger partial charge in [-0.1, -0.05) is 23.2 Å². The second-order valence-electron chi connectivity index (χ2n) is 6.29. The minimum absolute atomic E-state index is 0.0937. The highest BCUT2D eigenvalue weighted by molar-refractivity contribution is 6.32. The molecule has 0 aliphatic rings. The van der Waals surface area contributed by atoms with Crippen molar-refractivity contribution in [3.63, 3.8) is 0 Å². The fourth-order valence-corrected chi connectivity index (χ4v) is 2.82. The lowest BCUT2D eigenvalue weighted by atomic mass is 10.1. The number of carbonyl (C=O) groups excluding carboxylic acids is 1. The van der Waals surface area contributed by atoms with E-state index in [9.17, 15) is 4.79 Å². The zero-order chi connectivity index (χ0) is 20.1. The first kappa shape index (κ1) is 20.1. The van der Waals surface area contributed by atoms with Crippen LogP contribution in [0.1, 0.15) is 11.1 Å². The number of ether oxygens (including phenoxy) is 2. The third-order valence-electron chi connectivity index (χ3n) is 3.97. The molecule has 3 aromatic carbocycles. The van der Waals surface area contributed by atoms with E-state index in [2.05, 4.69) is 5.32 Å². The van der Waals surface area contributed by atoms with Gasteiger partial charge in [-0.05, 0) is 85.6 Å². The van der Waals surface area contributed by atoms with Crippen LogP contribution < -0.4 is 14.8 Å². The maximum Gasteiger partial charge on any atom is 0.262 e. The first-order valence-electron chi connectivity index (χ1n) is 8.63. The fourth-order valence-electron chi connectivity index (χ4n) is 2.58. The summed E-state index contributed by atoms with van der Waals surface area (Å²) in [6, 6.07) is 17.8. The number of carbonyl (C=O) groups is 1. The van der Waals surface area contributed by atoms with Crippen LogP contribution in [0.4, 0.5) is 5.69 Å². The molecule has 144 valence electrons. The molecule has 3 rings (SSSR count). The van der Waals surface area contributed by atoms with Gasteiger partial charge in [0, 0.05) is 15.7 Å². The van der Waals surface area contributed by atoms with Gasteiger partial charge >= 0.3 is 0 Å². The topological polar surface area (TPSA) is 47.6 Å². The Balaban J connectivity index is 1.53. The van der Waals surface area contributed by atoms with Crippen LogP contribution in [-0.4, -0.2) is 12.5 Å². The molecule has 0 fully saturated rings. The number of hydrogen-bond acceptors (Lipinski definition) is 3. The summed E-state index contributed by atoms with van der Waals surface area (Å²) in [5.74, 6) is 1.70. The highest BCUT2D eigenvalue weighted by atomic mass is 35.5. The molecular formula is C22H19Cl2NO3. The molecule has 0 unspecified atom stereocenters. The van der Waals surface area contributed by atoms with E-state index in [0.717, 1.165) is 11.1 Å². The van der Waals surface area contributed by atoms with E-state index in [-0.39, 0.29) is 12.5 Å². The molecule has 0 spiro atoms. The molecule has 0 heterocycles. The van der Waals surface area contributed by atoms with E-state index in [1.807, 2.05) is 26.0 Å². The Kier molecular flexibility index (Phi) is 6.45. The number of benzene rings is 3. The Morgan fingerprint density at radius 2 is 1.39 bits per heavy atom. The summed E-state index contributed by atoms with van der Waals surface area (Å²) in [5.41, 5.74) is 2.47. The predicted molar refractivity (Wildman–Crippen MR) is 113 cm³/mol. The van der Waals surface area contributed by atoms with Crippen LogP contribution in [0.2, 0.25) is 10.0 Å². The molecular weight excluding hydrogens is 397 g/mol. The van der Waals surface area contributed by atoms with Crippen molar-refractivity contribution < 1.29 is 14.3 Å². The molecule has 0 aliphatic heterocycles. The molecule has 0 radical (unpaired) electrons. The summed E-state index contributed by atoms with van der Waals surface area (Å²) in [6.07, 6.45) is 0. The molecule has 0 saturated heterocycles. The van der Waals surface area contributed by atoms with Crippen LogP contribution in [0.3, 0.4) is 0 Å². The van der Waals surface area contributed by atoms with Gasteiger partial charge in [0.25, 0.3) is 5.91 Å². The zero-order valence-electron chi connectivity index (χ0n) is 15.5. The molecule has 0 bridgehead atoms. The second kappa shape index (κ2) is 9.00. The Morgan fingerprint density at radius 1 is 0.857 bits per heavy atom. The van der Waals surface area contributed by atoms with E-state index in [4.69, 9.17) is 32.7 Å². The van der Waals surface area contributed by atoms with Crippen LogP contribution in [-0.2, 0) is 4.79 Å². The van der Waals surface area contributed by atoms with Crippen molar-refractivity contribution in [2.75, 3.05) is 11.9 Å². The van der Waals surface area contributed by atoms with Crippen molar-refractivity contribution in [3.05, 3.63) is 81.8 Å². The van der Waals surface area contributed by atoms with E-state index < -0.39 is 0 Å². The van der Waals surface area contributed by atoms with E-state index in [0.29, 0.717) is 33.0 Å². The number of halogens is 2. The van der Waals surface area contributed by atoms with Crippen molar-refractivity contribution in [1.82, 2.24) is 0 Å². The van der Waals surface area contributed by atoms with Crippen molar-refractivity contribution in [2.24, 2.45) is 0 Å². The monoisotopic (exact) mass is 415 g/mol. The molecule has 0 aromatic heterocycles. The van der Waals surface area contributed by atoms with Crippen molar-refractivity contribution in [2.45, 2.75) is 13.8 Å². The Labute approximate surface area is 174 Å². The zero-order valence-corrected chi connectivity index (χ0v) is 17.0. The van der Waals surface area contributed by atoms with Gasteiger partial charge in [0.15, 0.2) is 6.61 Å². The average molecular weight is 416 g/mol. The number of aryl methyl sites for hydroxylation is 2. The molecule has 0 aliphatic carbocycles. The number of anilines is 1. The summed E-state index contributed by atoms with van der Waals surface area (Å²) in [4.78, 5) is 12.1. The molecule has 1 N–H and O–H groups in total. The highest BCUT2D eigenvalue weighted by Gasteiger charge is 2.07. The minimum atomic E-state index is -0.253. The van der Waals surface area contributed by atoms with Gasteiger partial charge in [0.2, 0.25) is 0 Å². The smallest absolute Gasteiger partial charge is 0.262 e. The van der Waals surface area contributed by atoms with E-state index >= 15 is 0 Å². The van der Waals surface area contributed by atoms with E-state index in [1.54, 1.807) is 48.5 Å². The minimum Gasteiger partial charge on any atom is -0.484 e. The molecule has 28 heavy (non-hydrogen) atoms. The summed E-state index contributed by atoms with van der Waals surface area (Å²) >= 11 is 12.0. The molecule has 0 saturated carbocycles. The maximum absolute atomic E-state index is 12.1. The lowest BCUT2D eigenvalue weighted by Crippen LogP contribution is -2.20. The summed E-state index contributed by atoms with van der Waals surface area (Å²) in [5, 5.41) is 4.14. The van der Waals surface area contributed by atoms with E-state index in [1.165, 1.54) is 0 Å². The lowest BCUT2D eigenvalue weighted by Gasteiger charge is -2.11. The van der Waals surface area contributed by atoms with Gasteiger partial charge in [-0.3, -0.25) is 4.79 Å².